The van der Waals surface area contributed by atoms with E-state index in [0.29, 0.717) is 26.0 Å². The topological polar surface area (TPSA) is 122 Å². The Labute approximate surface area is 342 Å². The van der Waals surface area contributed by atoms with Gasteiger partial charge in [-0.15, -0.1) is 11.3 Å². The maximum atomic E-state index is 14.2. The van der Waals surface area contributed by atoms with Crippen LogP contribution in [-0.4, -0.2) is 81.6 Å². The summed E-state index contributed by atoms with van der Waals surface area (Å²) in [4.78, 5) is 51.5. The number of carbonyl (C=O) groups is 3. The van der Waals surface area contributed by atoms with Crippen molar-refractivity contribution in [1.82, 2.24) is 35.2 Å². The van der Waals surface area contributed by atoms with Crippen molar-refractivity contribution in [3.05, 3.63) is 70.4 Å². The summed E-state index contributed by atoms with van der Waals surface area (Å²) >= 11 is 1.51. The first-order valence-corrected chi connectivity index (χ1v) is 21.5. The number of hydrogen-bond donors (Lipinski definition) is 2. The van der Waals surface area contributed by atoms with Crippen LogP contribution in [-0.2, 0) is 39.0 Å². The number of nitrogens with one attached hydrogen (secondary N) is 2. The average Bonchev–Trinajstić information content (AvgIpc) is 3.97. The van der Waals surface area contributed by atoms with Gasteiger partial charge in [-0.1, -0.05) is 53.2 Å². The summed E-state index contributed by atoms with van der Waals surface area (Å²) < 4.78 is 7.57. The van der Waals surface area contributed by atoms with E-state index in [9.17, 15) is 14.4 Å². The van der Waals surface area contributed by atoms with Gasteiger partial charge in [0.2, 0.25) is 5.91 Å². The number of aromatic nitrogens is 3. The van der Waals surface area contributed by atoms with Gasteiger partial charge >= 0.3 is 0 Å². The second kappa shape index (κ2) is 18.4. The number of pyridine rings is 1. The quantitative estimate of drug-likeness (QED) is 0.104. The first-order chi connectivity index (χ1) is 27.3. The number of nitrogens with zero attached hydrogens (tertiary/aromatic N) is 5. The third kappa shape index (κ3) is 9.44. The van der Waals surface area contributed by atoms with Crippen LogP contribution in [0.15, 0.2) is 54.2 Å². The highest BCUT2D eigenvalue weighted by molar-refractivity contribution is 7.10. The molecule has 11 nitrogen and oxygen atoms in total. The van der Waals surface area contributed by atoms with Crippen molar-refractivity contribution >= 4 is 40.5 Å². The predicted molar refractivity (Wildman–Crippen MR) is 228 cm³/mol. The van der Waals surface area contributed by atoms with Gasteiger partial charge in [0, 0.05) is 78.3 Å². The van der Waals surface area contributed by atoms with Crippen molar-refractivity contribution in [2.75, 3.05) is 26.7 Å². The molecular weight excluding hydrogens is 735 g/mol. The molecular formula is C45H61N7O4S. The Balaban J connectivity index is 1.36. The summed E-state index contributed by atoms with van der Waals surface area (Å²) in [6, 6.07) is 9.48. The lowest BCUT2D eigenvalue weighted by Gasteiger charge is -2.35. The van der Waals surface area contributed by atoms with Crippen LogP contribution in [0.5, 0.6) is 0 Å². The van der Waals surface area contributed by atoms with Gasteiger partial charge < -0.3 is 19.5 Å². The molecule has 306 valence electrons. The van der Waals surface area contributed by atoms with Gasteiger partial charge in [0.15, 0.2) is 0 Å². The third-order valence-corrected chi connectivity index (χ3v) is 12.9. The van der Waals surface area contributed by atoms with E-state index in [1.165, 1.54) is 16.9 Å². The normalized spacial score (nSPS) is 16.6. The van der Waals surface area contributed by atoms with Crippen molar-refractivity contribution < 1.29 is 19.1 Å². The molecule has 6 rings (SSSR count). The minimum Gasteiger partial charge on any atom is -0.467 e. The zero-order valence-corrected chi connectivity index (χ0v) is 35.7. The minimum absolute atomic E-state index is 0.135. The van der Waals surface area contributed by atoms with E-state index < -0.39 is 6.04 Å². The lowest BCUT2D eigenvalue weighted by molar-refractivity contribution is -0.141. The molecule has 0 bridgehead atoms. The number of hydrazine groups is 1. The molecule has 57 heavy (non-hydrogen) atoms. The van der Waals surface area contributed by atoms with E-state index in [4.69, 9.17) is 14.7 Å². The second-order valence-electron chi connectivity index (χ2n) is 16.9. The molecule has 2 fully saturated rings. The van der Waals surface area contributed by atoms with E-state index in [-0.39, 0.29) is 41.5 Å². The van der Waals surface area contributed by atoms with Crippen molar-refractivity contribution in [3.8, 4) is 22.5 Å². The number of benzene rings is 1. The summed E-state index contributed by atoms with van der Waals surface area (Å²) in [6.45, 7) is 16.8. The van der Waals surface area contributed by atoms with Crippen molar-refractivity contribution in [1.29, 1.82) is 0 Å². The molecule has 2 amide bonds. The monoisotopic (exact) mass is 795 g/mol. The predicted octanol–water partition coefficient (Wildman–Crippen LogP) is 7.80. The highest BCUT2D eigenvalue weighted by Gasteiger charge is 2.37. The van der Waals surface area contributed by atoms with Crippen LogP contribution in [0.25, 0.3) is 33.4 Å². The van der Waals surface area contributed by atoms with Crippen molar-refractivity contribution in [2.24, 2.45) is 18.4 Å². The molecule has 3 unspecified atom stereocenters. The van der Waals surface area contributed by atoms with Gasteiger partial charge in [-0.3, -0.25) is 24.4 Å². The third-order valence-electron chi connectivity index (χ3n) is 12.0. The summed E-state index contributed by atoms with van der Waals surface area (Å²) in [5, 5.41) is 8.81. The zero-order valence-electron chi connectivity index (χ0n) is 34.9. The molecule has 1 aliphatic carbocycles. The average molecular weight is 796 g/mol. The number of thiazole rings is 1. The van der Waals surface area contributed by atoms with Crippen LogP contribution in [0, 0.1) is 11.3 Å². The fourth-order valence-corrected chi connectivity index (χ4v) is 9.50. The lowest BCUT2D eigenvalue weighted by atomic mass is 9.84. The number of allylic oxidation sites excluding steroid dienone is 1. The van der Waals surface area contributed by atoms with Crippen LogP contribution in [0.4, 0.5) is 0 Å². The van der Waals surface area contributed by atoms with Crippen molar-refractivity contribution in [2.45, 2.75) is 110 Å². The molecule has 1 saturated heterocycles. The number of amides is 2. The minimum atomic E-state index is -0.773. The van der Waals surface area contributed by atoms with Gasteiger partial charge in [-0.05, 0) is 87.1 Å². The standard InChI is InChI=1S/C45H61N7O4S/c1-9-30(4)40-33(17-14-20-46-40)42-35(25-45(5,6)27-56-28-53)34-23-32(18-19-38(34)51(42)8)37-26-57-39(48-37)24-36(44(55)52-22-13-12-21-47-52)49-43(54)41(50(7)29(2)3)31-15-10-11-16-31/h14,17-20,23,26,28,30-31,36,41,47H,2,9-13,15-16,21-22,24-25,27H2,1,3-8H3,(H,49,54). The molecule has 1 saturated carbocycles. The van der Waals surface area contributed by atoms with Crippen LogP contribution in [0.1, 0.15) is 102 Å². The Morgan fingerprint density at radius 2 is 1.96 bits per heavy atom. The van der Waals surface area contributed by atoms with Crippen molar-refractivity contribution in [3.63, 3.8) is 0 Å². The Morgan fingerprint density at radius 1 is 1.19 bits per heavy atom. The van der Waals surface area contributed by atoms with E-state index >= 15 is 0 Å². The van der Waals surface area contributed by atoms with E-state index in [0.717, 1.165) is 101 Å². The molecule has 3 aromatic heterocycles. The fourth-order valence-electron chi connectivity index (χ4n) is 8.65. The molecule has 12 heteroatoms. The molecule has 0 radical (unpaired) electrons. The molecule has 1 aromatic carbocycles. The van der Waals surface area contributed by atoms with Crippen LogP contribution < -0.4 is 10.7 Å². The largest absolute Gasteiger partial charge is 0.467 e. The smallest absolute Gasteiger partial charge is 0.293 e. The van der Waals surface area contributed by atoms with E-state index in [1.807, 2.05) is 36.5 Å². The summed E-state index contributed by atoms with van der Waals surface area (Å²) in [5.41, 5.74) is 11.1. The van der Waals surface area contributed by atoms with E-state index in [2.05, 4.69) is 80.9 Å². The number of aryl methyl sites for hydroxylation is 1. The van der Waals surface area contributed by atoms with Gasteiger partial charge in [0.25, 0.3) is 12.4 Å². The SMILES string of the molecule is C=C(C)N(C)C(C(=O)NC(Cc1nc(-c2ccc3c(c2)c(CC(C)(C)COC=O)c(-c2cccnc2C(C)CC)n3C)cs1)C(=O)N1CCCCN1)C1CCCC1. The number of hydrogen-bond acceptors (Lipinski definition) is 9. The lowest BCUT2D eigenvalue weighted by Crippen LogP contribution is -2.59. The number of ether oxygens (including phenoxy) is 1. The van der Waals surface area contributed by atoms with Crippen LogP contribution in [0.2, 0.25) is 0 Å². The zero-order chi connectivity index (χ0) is 40.9. The highest BCUT2D eigenvalue weighted by atomic mass is 32.1. The first-order valence-electron chi connectivity index (χ1n) is 20.6. The Bertz CT molecular complexity index is 2060. The highest BCUT2D eigenvalue weighted by Crippen LogP contribution is 2.41. The van der Waals surface area contributed by atoms with Crippen LogP contribution >= 0.6 is 11.3 Å². The maximum absolute atomic E-state index is 14.2. The summed E-state index contributed by atoms with van der Waals surface area (Å²) in [7, 11) is 4.04. The Hall–Kier alpha value is -4.55. The molecule has 2 aliphatic rings. The summed E-state index contributed by atoms with van der Waals surface area (Å²) in [5.74, 6) is 0.209. The molecule has 0 spiro atoms. The molecule has 4 heterocycles. The number of rotatable bonds is 17. The van der Waals surface area contributed by atoms with Gasteiger partial charge in [0.1, 0.15) is 12.1 Å². The number of carbonyl (C=O) groups excluding carboxylic acids is 3. The first kappa shape index (κ1) is 42.1. The van der Waals surface area contributed by atoms with Gasteiger partial charge in [-0.25, -0.2) is 10.4 Å². The fraction of sp³-hybridized carbons (Fsp3) is 0.533. The molecule has 4 aromatic rings. The van der Waals surface area contributed by atoms with E-state index in [1.54, 1.807) is 5.01 Å². The summed E-state index contributed by atoms with van der Waals surface area (Å²) in [6.07, 6.45) is 9.89. The molecule has 1 aliphatic heterocycles. The number of fused-ring (bicyclic) bond motifs is 1. The maximum Gasteiger partial charge on any atom is 0.293 e. The molecule has 2 N–H and O–H groups in total. The van der Waals surface area contributed by atoms with Crippen LogP contribution in [0.3, 0.4) is 0 Å². The Kier molecular flexibility index (Phi) is 13.6. The second-order valence-corrected chi connectivity index (χ2v) is 17.9. The van der Waals surface area contributed by atoms with Gasteiger partial charge in [-0.2, -0.15) is 0 Å². The molecule has 3 atom stereocenters. The van der Waals surface area contributed by atoms with Gasteiger partial charge in [0.05, 0.1) is 28.7 Å². The Morgan fingerprint density at radius 3 is 2.65 bits per heavy atom. The number of likely N-dealkylation sites (N-methyl/N-ethyl adjacent to an activating group) is 1.